The number of rotatable bonds is 5. The van der Waals surface area contributed by atoms with Gasteiger partial charge in [-0.05, 0) is 30.2 Å². The first-order chi connectivity index (χ1) is 7.42. The molecule has 0 spiro atoms. The first-order valence-corrected chi connectivity index (χ1v) is 6.58. The molecule has 0 heterocycles. The van der Waals surface area contributed by atoms with E-state index in [0.717, 1.165) is 6.26 Å². The molecule has 0 aliphatic heterocycles. The standard InChI is InChI=1S/C10H14FNO3S/c1-15-10-4-3-9(11)7-8(10)5-6-12-16(2,13)14/h3-4,7,12H,5-6H2,1-2H3. The Balaban J connectivity index is 2.69. The van der Waals surface area contributed by atoms with E-state index >= 15 is 0 Å². The molecule has 0 aromatic heterocycles. The summed E-state index contributed by atoms with van der Waals surface area (Å²) in [6, 6.07) is 4.15. The molecule has 90 valence electrons. The molecular formula is C10H14FNO3S. The van der Waals surface area contributed by atoms with Gasteiger partial charge in [0.25, 0.3) is 0 Å². The number of ether oxygens (including phenoxy) is 1. The molecule has 0 fully saturated rings. The van der Waals surface area contributed by atoms with E-state index in [4.69, 9.17) is 4.74 Å². The molecule has 0 amide bonds. The Kier molecular flexibility index (Phi) is 4.26. The second-order valence-corrected chi connectivity index (χ2v) is 5.21. The van der Waals surface area contributed by atoms with Gasteiger partial charge in [-0.1, -0.05) is 0 Å². The molecule has 6 heteroatoms. The third-order valence-electron chi connectivity index (χ3n) is 2.00. The zero-order valence-corrected chi connectivity index (χ0v) is 9.97. The van der Waals surface area contributed by atoms with Crippen molar-refractivity contribution in [3.8, 4) is 5.75 Å². The summed E-state index contributed by atoms with van der Waals surface area (Å²) in [6.07, 6.45) is 1.46. The van der Waals surface area contributed by atoms with Crippen molar-refractivity contribution >= 4 is 10.0 Å². The third-order valence-corrected chi connectivity index (χ3v) is 2.73. The lowest BCUT2D eigenvalue weighted by Crippen LogP contribution is -2.24. The van der Waals surface area contributed by atoms with Crippen LogP contribution in [0.25, 0.3) is 0 Å². The smallest absolute Gasteiger partial charge is 0.208 e. The fourth-order valence-corrected chi connectivity index (χ4v) is 1.79. The van der Waals surface area contributed by atoms with E-state index in [1.807, 2.05) is 0 Å². The molecule has 0 radical (unpaired) electrons. The van der Waals surface area contributed by atoms with Gasteiger partial charge in [0.05, 0.1) is 13.4 Å². The minimum absolute atomic E-state index is 0.221. The Bertz CT molecular complexity index is 459. The zero-order chi connectivity index (χ0) is 12.2. The quantitative estimate of drug-likeness (QED) is 0.842. The second-order valence-electron chi connectivity index (χ2n) is 3.37. The van der Waals surface area contributed by atoms with E-state index in [1.165, 1.54) is 25.3 Å². The Labute approximate surface area is 94.5 Å². The molecule has 1 N–H and O–H groups in total. The van der Waals surface area contributed by atoms with Crippen LogP contribution in [0.3, 0.4) is 0 Å². The van der Waals surface area contributed by atoms with Crippen LogP contribution in [0, 0.1) is 5.82 Å². The van der Waals surface area contributed by atoms with Crippen LogP contribution >= 0.6 is 0 Å². The SMILES string of the molecule is COc1ccc(F)cc1CCNS(C)(=O)=O. The Morgan fingerprint density at radius 2 is 2.12 bits per heavy atom. The van der Waals surface area contributed by atoms with Gasteiger partial charge in [0.15, 0.2) is 0 Å². The van der Waals surface area contributed by atoms with Crippen LogP contribution in [-0.2, 0) is 16.4 Å². The van der Waals surface area contributed by atoms with E-state index in [9.17, 15) is 12.8 Å². The number of halogens is 1. The third kappa shape index (κ3) is 4.16. The van der Waals surface area contributed by atoms with E-state index < -0.39 is 10.0 Å². The summed E-state index contributed by atoms with van der Waals surface area (Å²) in [5.74, 6) is 0.187. The molecule has 1 aromatic rings. The summed E-state index contributed by atoms with van der Waals surface area (Å²) in [5.41, 5.74) is 0.638. The summed E-state index contributed by atoms with van der Waals surface area (Å²) < 4.78 is 42.0. The van der Waals surface area contributed by atoms with Crippen LogP contribution in [0.4, 0.5) is 4.39 Å². The van der Waals surface area contributed by atoms with E-state index in [2.05, 4.69) is 4.72 Å². The van der Waals surface area contributed by atoms with Crippen LogP contribution < -0.4 is 9.46 Å². The zero-order valence-electron chi connectivity index (χ0n) is 9.16. The predicted molar refractivity (Wildman–Crippen MR) is 59.5 cm³/mol. The minimum atomic E-state index is -3.21. The van der Waals surface area contributed by atoms with Crippen molar-refractivity contribution in [2.45, 2.75) is 6.42 Å². The van der Waals surface area contributed by atoms with Gasteiger partial charge in [-0.25, -0.2) is 17.5 Å². The monoisotopic (exact) mass is 247 g/mol. The first-order valence-electron chi connectivity index (χ1n) is 4.69. The largest absolute Gasteiger partial charge is 0.496 e. The van der Waals surface area contributed by atoms with Gasteiger partial charge in [-0.3, -0.25) is 0 Å². The maximum atomic E-state index is 13.0. The highest BCUT2D eigenvalue weighted by Gasteiger charge is 2.06. The molecule has 16 heavy (non-hydrogen) atoms. The molecule has 0 saturated carbocycles. The molecule has 0 unspecified atom stereocenters. The number of sulfonamides is 1. The summed E-state index contributed by atoms with van der Waals surface area (Å²) in [4.78, 5) is 0. The second kappa shape index (κ2) is 5.27. The molecule has 4 nitrogen and oxygen atoms in total. The van der Waals surface area contributed by atoms with Crippen LogP contribution in [0.1, 0.15) is 5.56 Å². The highest BCUT2D eigenvalue weighted by molar-refractivity contribution is 7.88. The van der Waals surface area contributed by atoms with Crippen LogP contribution in [0.5, 0.6) is 5.75 Å². The van der Waals surface area contributed by atoms with Crippen molar-refractivity contribution in [1.29, 1.82) is 0 Å². The van der Waals surface area contributed by atoms with Gasteiger partial charge in [-0.15, -0.1) is 0 Å². The average Bonchev–Trinajstić information content (AvgIpc) is 2.16. The average molecular weight is 247 g/mol. The molecule has 0 atom stereocenters. The van der Waals surface area contributed by atoms with Crippen molar-refractivity contribution in [3.63, 3.8) is 0 Å². The van der Waals surface area contributed by atoms with Gasteiger partial charge in [0.2, 0.25) is 10.0 Å². The van der Waals surface area contributed by atoms with E-state index in [1.54, 1.807) is 0 Å². The van der Waals surface area contributed by atoms with Gasteiger partial charge in [0.1, 0.15) is 11.6 Å². The maximum absolute atomic E-state index is 13.0. The summed E-state index contributed by atoms with van der Waals surface area (Å²) in [6.45, 7) is 0.221. The normalized spacial score (nSPS) is 11.4. The lowest BCUT2D eigenvalue weighted by Gasteiger charge is -2.08. The lowest BCUT2D eigenvalue weighted by atomic mass is 10.1. The fraction of sp³-hybridized carbons (Fsp3) is 0.400. The van der Waals surface area contributed by atoms with E-state index in [0.29, 0.717) is 17.7 Å². The van der Waals surface area contributed by atoms with Crippen molar-refractivity contribution < 1.29 is 17.5 Å². The van der Waals surface area contributed by atoms with Crippen molar-refractivity contribution in [3.05, 3.63) is 29.6 Å². The number of hydrogen-bond acceptors (Lipinski definition) is 3. The summed E-state index contributed by atoms with van der Waals surface area (Å²) in [7, 11) is -1.72. The van der Waals surface area contributed by atoms with Crippen molar-refractivity contribution in [2.24, 2.45) is 0 Å². The molecule has 0 aliphatic carbocycles. The van der Waals surface area contributed by atoms with Crippen LogP contribution in [-0.4, -0.2) is 28.3 Å². The fourth-order valence-electron chi connectivity index (χ4n) is 1.31. The molecule has 1 aromatic carbocycles. The molecule has 0 aliphatic rings. The molecular weight excluding hydrogens is 233 g/mol. The van der Waals surface area contributed by atoms with Gasteiger partial charge in [0, 0.05) is 6.54 Å². The Morgan fingerprint density at radius 3 is 2.69 bits per heavy atom. The van der Waals surface area contributed by atoms with Crippen molar-refractivity contribution in [2.75, 3.05) is 19.9 Å². The summed E-state index contributed by atoms with van der Waals surface area (Å²) >= 11 is 0. The predicted octanol–water partition coefficient (Wildman–Crippen LogP) is 0.926. The van der Waals surface area contributed by atoms with E-state index in [-0.39, 0.29) is 12.4 Å². The van der Waals surface area contributed by atoms with Gasteiger partial charge < -0.3 is 4.74 Å². The molecule has 1 rings (SSSR count). The van der Waals surface area contributed by atoms with Crippen molar-refractivity contribution in [1.82, 2.24) is 4.72 Å². The summed E-state index contributed by atoms with van der Waals surface area (Å²) in [5, 5.41) is 0. The first kappa shape index (κ1) is 12.9. The maximum Gasteiger partial charge on any atom is 0.208 e. The molecule has 0 bridgehead atoms. The van der Waals surface area contributed by atoms with Gasteiger partial charge in [-0.2, -0.15) is 0 Å². The lowest BCUT2D eigenvalue weighted by molar-refractivity contribution is 0.408. The highest BCUT2D eigenvalue weighted by atomic mass is 32.2. The highest BCUT2D eigenvalue weighted by Crippen LogP contribution is 2.19. The number of benzene rings is 1. The Morgan fingerprint density at radius 1 is 1.44 bits per heavy atom. The van der Waals surface area contributed by atoms with Crippen LogP contribution in [0.2, 0.25) is 0 Å². The van der Waals surface area contributed by atoms with Gasteiger partial charge >= 0.3 is 0 Å². The topological polar surface area (TPSA) is 55.4 Å². The minimum Gasteiger partial charge on any atom is -0.496 e. The van der Waals surface area contributed by atoms with Crippen LogP contribution in [0.15, 0.2) is 18.2 Å². The number of nitrogens with one attached hydrogen (secondary N) is 1. The number of hydrogen-bond donors (Lipinski definition) is 1. The number of methoxy groups -OCH3 is 1. The Hall–Kier alpha value is -1.14. The molecule has 0 saturated heterocycles.